The number of carbonyl (C=O) groups excluding carboxylic acids is 1. The third kappa shape index (κ3) is 6.18. The highest BCUT2D eigenvalue weighted by Crippen LogP contribution is 2.22. The maximum Gasteiger partial charge on any atom is 0.407 e. The number of hydrogen-bond acceptors (Lipinski definition) is 4. The van der Waals surface area contributed by atoms with Gasteiger partial charge in [-0.3, -0.25) is 0 Å². The SMILES string of the molecule is CC(C)(C)OC(=O)NCc1ccc(Oc2cccc(C(=O)O)c2)cc1. The first-order valence-electron chi connectivity index (χ1n) is 7.80. The molecule has 0 aliphatic rings. The molecule has 0 heterocycles. The van der Waals surface area contributed by atoms with E-state index in [0.29, 0.717) is 18.0 Å². The number of aromatic carboxylic acids is 1. The maximum atomic E-state index is 11.6. The molecule has 0 aromatic heterocycles. The monoisotopic (exact) mass is 343 g/mol. The number of alkyl carbamates (subject to hydrolysis) is 1. The van der Waals surface area contributed by atoms with Gasteiger partial charge in [0.25, 0.3) is 0 Å². The molecular weight excluding hydrogens is 322 g/mol. The van der Waals surface area contributed by atoms with Gasteiger partial charge < -0.3 is 19.9 Å². The molecule has 6 heteroatoms. The molecule has 0 spiro atoms. The van der Waals surface area contributed by atoms with Gasteiger partial charge in [-0.25, -0.2) is 9.59 Å². The Labute approximate surface area is 146 Å². The van der Waals surface area contributed by atoms with Gasteiger partial charge in [0, 0.05) is 6.54 Å². The lowest BCUT2D eigenvalue weighted by Crippen LogP contribution is -2.32. The van der Waals surface area contributed by atoms with Crippen molar-refractivity contribution in [1.82, 2.24) is 5.32 Å². The van der Waals surface area contributed by atoms with Gasteiger partial charge in [-0.1, -0.05) is 18.2 Å². The zero-order valence-electron chi connectivity index (χ0n) is 14.4. The highest BCUT2D eigenvalue weighted by Gasteiger charge is 2.15. The molecule has 0 aliphatic heterocycles. The standard InChI is InChI=1S/C19H21NO5/c1-19(2,3)25-18(23)20-12-13-7-9-15(10-8-13)24-16-6-4-5-14(11-16)17(21)22/h4-11H,12H2,1-3H3,(H,20,23)(H,21,22). The Morgan fingerprint density at radius 3 is 2.32 bits per heavy atom. The van der Waals surface area contributed by atoms with Crippen LogP contribution in [0, 0.1) is 0 Å². The molecule has 6 nitrogen and oxygen atoms in total. The molecule has 2 N–H and O–H groups in total. The molecule has 0 saturated heterocycles. The second-order valence-electron chi connectivity index (χ2n) is 6.43. The molecule has 0 fully saturated rings. The molecule has 0 aliphatic carbocycles. The number of rotatable bonds is 5. The summed E-state index contributed by atoms with van der Waals surface area (Å²) in [5, 5.41) is 11.7. The topological polar surface area (TPSA) is 84.9 Å². The number of carboxylic acids is 1. The molecule has 1 amide bonds. The number of carboxylic acid groups (broad SMARTS) is 1. The maximum absolute atomic E-state index is 11.6. The predicted molar refractivity (Wildman–Crippen MR) is 93.0 cm³/mol. The van der Waals surface area contributed by atoms with Crippen molar-refractivity contribution in [2.45, 2.75) is 32.9 Å². The molecule has 2 aromatic carbocycles. The minimum absolute atomic E-state index is 0.163. The predicted octanol–water partition coefficient (Wildman–Crippen LogP) is 4.20. The summed E-state index contributed by atoms with van der Waals surface area (Å²) < 4.78 is 10.8. The Bertz CT molecular complexity index is 747. The molecule has 2 aromatic rings. The van der Waals surface area contributed by atoms with Gasteiger partial charge in [-0.15, -0.1) is 0 Å². The van der Waals surface area contributed by atoms with Gasteiger partial charge in [0.2, 0.25) is 0 Å². The highest BCUT2D eigenvalue weighted by atomic mass is 16.6. The Balaban J connectivity index is 1.93. The van der Waals surface area contributed by atoms with Gasteiger partial charge in [0.15, 0.2) is 0 Å². The van der Waals surface area contributed by atoms with E-state index in [1.807, 2.05) is 12.1 Å². The van der Waals surface area contributed by atoms with E-state index in [0.717, 1.165) is 5.56 Å². The number of ether oxygens (including phenoxy) is 2. The molecule has 0 atom stereocenters. The molecule has 0 bridgehead atoms. The minimum Gasteiger partial charge on any atom is -0.478 e. The average molecular weight is 343 g/mol. The van der Waals surface area contributed by atoms with Crippen molar-refractivity contribution in [2.75, 3.05) is 0 Å². The molecule has 0 radical (unpaired) electrons. The summed E-state index contributed by atoms with van der Waals surface area (Å²) in [5.41, 5.74) is 0.514. The van der Waals surface area contributed by atoms with Crippen LogP contribution in [0.25, 0.3) is 0 Å². The lowest BCUT2D eigenvalue weighted by atomic mass is 10.2. The van der Waals surface area contributed by atoms with Crippen LogP contribution in [-0.4, -0.2) is 22.8 Å². The van der Waals surface area contributed by atoms with Gasteiger partial charge >= 0.3 is 12.1 Å². The van der Waals surface area contributed by atoms with Gasteiger partial charge in [0.05, 0.1) is 5.56 Å². The Morgan fingerprint density at radius 2 is 1.72 bits per heavy atom. The van der Waals surface area contributed by atoms with Gasteiger partial charge in [-0.05, 0) is 56.7 Å². The summed E-state index contributed by atoms with van der Waals surface area (Å²) in [6.45, 7) is 5.75. The van der Waals surface area contributed by atoms with Gasteiger partial charge in [0.1, 0.15) is 17.1 Å². The van der Waals surface area contributed by atoms with Crippen LogP contribution in [0.1, 0.15) is 36.7 Å². The van der Waals surface area contributed by atoms with E-state index in [-0.39, 0.29) is 5.56 Å². The van der Waals surface area contributed by atoms with Crippen LogP contribution < -0.4 is 10.1 Å². The van der Waals surface area contributed by atoms with Crippen molar-refractivity contribution >= 4 is 12.1 Å². The second-order valence-corrected chi connectivity index (χ2v) is 6.43. The van der Waals surface area contributed by atoms with Crippen molar-refractivity contribution in [2.24, 2.45) is 0 Å². The van der Waals surface area contributed by atoms with Crippen LogP contribution in [0.3, 0.4) is 0 Å². The number of carbonyl (C=O) groups is 2. The lowest BCUT2D eigenvalue weighted by Gasteiger charge is -2.19. The Kier molecular flexibility index (Phi) is 5.64. The van der Waals surface area contributed by atoms with Crippen LogP contribution in [0.2, 0.25) is 0 Å². The summed E-state index contributed by atoms with van der Waals surface area (Å²) in [4.78, 5) is 22.6. The van der Waals surface area contributed by atoms with Crippen molar-refractivity contribution in [3.63, 3.8) is 0 Å². The fourth-order valence-electron chi connectivity index (χ4n) is 1.99. The number of nitrogens with one attached hydrogen (secondary N) is 1. The van der Waals surface area contributed by atoms with Gasteiger partial charge in [-0.2, -0.15) is 0 Å². The second kappa shape index (κ2) is 7.70. The van der Waals surface area contributed by atoms with E-state index in [4.69, 9.17) is 14.6 Å². The average Bonchev–Trinajstić information content (AvgIpc) is 2.53. The van der Waals surface area contributed by atoms with Crippen LogP contribution in [0.4, 0.5) is 4.79 Å². The summed E-state index contributed by atoms with van der Waals surface area (Å²) in [6.07, 6.45) is -0.474. The molecule has 2 rings (SSSR count). The lowest BCUT2D eigenvalue weighted by molar-refractivity contribution is 0.0523. The first-order valence-corrected chi connectivity index (χ1v) is 7.80. The molecule has 0 saturated carbocycles. The van der Waals surface area contributed by atoms with Crippen LogP contribution in [0.15, 0.2) is 48.5 Å². The Hall–Kier alpha value is -3.02. The molecule has 132 valence electrons. The minimum atomic E-state index is -1.01. The zero-order valence-corrected chi connectivity index (χ0v) is 14.4. The number of hydrogen-bond donors (Lipinski definition) is 2. The first kappa shape index (κ1) is 18.3. The summed E-state index contributed by atoms with van der Waals surface area (Å²) in [7, 11) is 0. The van der Waals surface area contributed by atoms with Crippen LogP contribution in [-0.2, 0) is 11.3 Å². The van der Waals surface area contributed by atoms with Crippen LogP contribution in [0.5, 0.6) is 11.5 Å². The fraction of sp³-hybridized carbons (Fsp3) is 0.263. The number of amides is 1. The van der Waals surface area contributed by atoms with Crippen molar-refractivity contribution in [1.29, 1.82) is 0 Å². The van der Waals surface area contributed by atoms with E-state index in [1.165, 1.54) is 12.1 Å². The van der Waals surface area contributed by atoms with Crippen molar-refractivity contribution in [3.8, 4) is 11.5 Å². The zero-order chi connectivity index (χ0) is 18.4. The van der Waals surface area contributed by atoms with Crippen LogP contribution >= 0.6 is 0 Å². The van der Waals surface area contributed by atoms with E-state index >= 15 is 0 Å². The van der Waals surface area contributed by atoms with E-state index in [2.05, 4.69) is 5.32 Å². The normalized spacial score (nSPS) is 10.8. The third-order valence-electron chi connectivity index (χ3n) is 3.08. The number of benzene rings is 2. The Morgan fingerprint density at radius 1 is 1.04 bits per heavy atom. The fourth-order valence-corrected chi connectivity index (χ4v) is 1.99. The quantitative estimate of drug-likeness (QED) is 0.850. The first-order chi connectivity index (χ1) is 11.7. The van der Waals surface area contributed by atoms with E-state index in [9.17, 15) is 9.59 Å². The van der Waals surface area contributed by atoms with Crippen molar-refractivity contribution in [3.05, 3.63) is 59.7 Å². The highest BCUT2D eigenvalue weighted by molar-refractivity contribution is 5.88. The third-order valence-corrected chi connectivity index (χ3v) is 3.08. The van der Waals surface area contributed by atoms with E-state index < -0.39 is 17.7 Å². The summed E-state index contributed by atoms with van der Waals surface area (Å²) in [6, 6.07) is 13.4. The summed E-state index contributed by atoms with van der Waals surface area (Å²) >= 11 is 0. The van der Waals surface area contributed by atoms with Crippen molar-refractivity contribution < 1.29 is 24.2 Å². The molecular formula is C19H21NO5. The summed E-state index contributed by atoms with van der Waals surface area (Å²) in [5.74, 6) is 0.0112. The smallest absolute Gasteiger partial charge is 0.407 e. The molecule has 25 heavy (non-hydrogen) atoms. The van der Waals surface area contributed by atoms with E-state index in [1.54, 1.807) is 45.0 Å². The molecule has 0 unspecified atom stereocenters. The largest absolute Gasteiger partial charge is 0.478 e.